The highest BCUT2D eigenvalue weighted by atomic mass is 32.1. The lowest BCUT2D eigenvalue weighted by atomic mass is 9.96. The second kappa shape index (κ2) is 7.93. The summed E-state index contributed by atoms with van der Waals surface area (Å²) in [6.45, 7) is 1.01. The smallest absolute Gasteiger partial charge is 0.289 e. The standard InChI is InChI=1S/C20H18FN3O3S/c21-15-4-1-3-14(11-15)16-12-28-20(22-16)23-18(25)13-6-8-24(9-7-13)19(26)17-5-2-10-27-17/h1-5,10-13H,6-9H2,(H,22,23,25). The summed E-state index contributed by atoms with van der Waals surface area (Å²) in [6, 6.07) is 9.50. The lowest BCUT2D eigenvalue weighted by molar-refractivity contribution is -0.121. The van der Waals surface area contributed by atoms with Crippen molar-refractivity contribution in [3.05, 3.63) is 59.6 Å². The molecule has 1 N–H and O–H groups in total. The Bertz CT molecular complexity index is 978. The minimum absolute atomic E-state index is 0.106. The maximum atomic E-state index is 13.4. The van der Waals surface area contributed by atoms with Crippen molar-refractivity contribution in [2.45, 2.75) is 12.8 Å². The number of amides is 2. The van der Waals surface area contributed by atoms with Crippen LogP contribution < -0.4 is 5.32 Å². The van der Waals surface area contributed by atoms with Gasteiger partial charge in [0.1, 0.15) is 5.82 Å². The topological polar surface area (TPSA) is 75.4 Å². The molecule has 0 unspecified atom stereocenters. The minimum atomic E-state index is -0.327. The molecule has 3 heterocycles. The molecule has 0 radical (unpaired) electrons. The van der Waals surface area contributed by atoms with Gasteiger partial charge >= 0.3 is 0 Å². The van der Waals surface area contributed by atoms with Crippen LogP contribution in [0.4, 0.5) is 9.52 Å². The van der Waals surface area contributed by atoms with E-state index in [1.165, 1.54) is 29.7 Å². The van der Waals surface area contributed by atoms with E-state index in [0.717, 1.165) is 0 Å². The van der Waals surface area contributed by atoms with Gasteiger partial charge in [0.2, 0.25) is 5.91 Å². The number of nitrogens with zero attached hydrogens (tertiary/aromatic N) is 2. The highest BCUT2D eigenvalue weighted by molar-refractivity contribution is 7.14. The summed E-state index contributed by atoms with van der Waals surface area (Å²) in [5.74, 6) is -0.446. The zero-order valence-electron chi connectivity index (χ0n) is 14.9. The van der Waals surface area contributed by atoms with Crippen LogP contribution in [0.5, 0.6) is 0 Å². The summed E-state index contributed by atoms with van der Waals surface area (Å²) in [4.78, 5) is 30.9. The Labute approximate surface area is 165 Å². The summed E-state index contributed by atoms with van der Waals surface area (Å²) in [7, 11) is 0. The number of piperidine rings is 1. The number of hydrogen-bond acceptors (Lipinski definition) is 5. The number of hydrogen-bond donors (Lipinski definition) is 1. The molecular weight excluding hydrogens is 381 g/mol. The molecule has 6 nitrogen and oxygen atoms in total. The highest BCUT2D eigenvalue weighted by Gasteiger charge is 2.29. The number of furan rings is 1. The second-order valence-corrected chi connectivity index (χ2v) is 7.44. The fraction of sp³-hybridized carbons (Fsp3) is 0.250. The molecule has 4 rings (SSSR count). The third kappa shape index (κ3) is 3.96. The van der Waals surface area contributed by atoms with Crippen LogP contribution in [-0.4, -0.2) is 34.8 Å². The molecule has 0 bridgehead atoms. The SMILES string of the molecule is O=C(Nc1nc(-c2cccc(F)c2)cs1)C1CCN(C(=O)c2ccco2)CC1. The zero-order chi connectivity index (χ0) is 19.5. The molecule has 1 aliphatic rings. The van der Waals surface area contributed by atoms with Crippen LogP contribution in [0.2, 0.25) is 0 Å². The first-order valence-electron chi connectivity index (χ1n) is 8.95. The van der Waals surface area contributed by atoms with Crippen LogP contribution in [0.1, 0.15) is 23.4 Å². The average Bonchev–Trinajstić information content (AvgIpc) is 3.40. The van der Waals surface area contributed by atoms with Crippen LogP contribution in [0.3, 0.4) is 0 Å². The van der Waals surface area contributed by atoms with Gasteiger partial charge in [0, 0.05) is 30.0 Å². The summed E-state index contributed by atoms with van der Waals surface area (Å²) < 4.78 is 18.5. The van der Waals surface area contributed by atoms with Gasteiger partial charge in [0.25, 0.3) is 5.91 Å². The number of rotatable bonds is 4. The highest BCUT2D eigenvalue weighted by Crippen LogP contribution is 2.27. The van der Waals surface area contributed by atoms with E-state index in [0.29, 0.717) is 48.1 Å². The minimum Gasteiger partial charge on any atom is -0.459 e. The molecule has 1 aliphatic heterocycles. The number of nitrogens with one attached hydrogen (secondary N) is 1. The number of carbonyl (C=O) groups excluding carboxylic acids is 2. The fourth-order valence-corrected chi connectivity index (χ4v) is 3.94. The van der Waals surface area contributed by atoms with Gasteiger partial charge in [0.15, 0.2) is 10.9 Å². The molecule has 3 aromatic rings. The van der Waals surface area contributed by atoms with Crippen molar-refractivity contribution in [1.82, 2.24) is 9.88 Å². The van der Waals surface area contributed by atoms with Crippen LogP contribution in [0.25, 0.3) is 11.3 Å². The maximum absolute atomic E-state index is 13.4. The van der Waals surface area contributed by atoms with E-state index in [1.54, 1.807) is 34.5 Å². The molecule has 28 heavy (non-hydrogen) atoms. The molecule has 1 saturated heterocycles. The number of halogens is 1. The first-order chi connectivity index (χ1) is 13.6. The molecule has 1 aromatic carbocycles. The maximum Gasteiger partial charge on any atom is 0.289 e. The monoisotopic (exact) mass is 399 g/mol. The molecule has 144 valence electrons. The van der Waals surface area contributed by atoms with Gasteiger partial charge in [0.05, 0.1) is 12.0 Å². The predicted octanol–water partition coefficient (Wildman–Crippen LogP) is 4.03. The zero-order valence-corrected chi connectivity index (χ0v) is 15.7. The first-order valence-corrected chi connectivity index (χ1v) is 9.83. The Morgan fingerprint density at radius 1 is 1.21 bits per heavy atom. The van der Waals surface area contributed by atoms with Crippen LogP contribution in [0, 0.1) is 11.7 Å². The Kier molecular flexibility index (Phi) is 5.21. The van der Waals surface area contributed by atoms with E-state index in [2.05, 4.69) is 10.3 Å². The summed E-state index contributed by atoms with van der Waals surface area (Å²) >= 11 is 1.30. The van der Waals surface area contributed by atoms with Gasteiger partial charge in [-0.05, 0) is 37.1 Å². The van der Waals surface area contributed by atoms with Crippen LogP contribution in [-0.2, 0) is 4.79 Å². The Balaban J connectivity index is 1.33. The van der Waals surface area contributed by atoms with Crippen molar-refractivity contribution in [3.63, 3.8) is 0 Å². The van der Waals surface area contributed by atoms with Gasteiger partial charge in [-0.25, -0.2) is 9.37 Å². The van der Waals surface area contributed by atoms with Gasteiger partial charge < -0.3 is 14.6 Å². The van der Waals surface area contributed by atoms with E-state index in [1.807, 2.05) is 0 Å². The Morgan fingerprint density at radius 2 is 2.04 bits per heavy atom. The Morgan fingerprint density at radius 3 is 2.75 bits per heavy atom. The summed E-state index contributed by atoms with van der Waals surface area (Å²) in [5.41, 5.74) is 1.29. The summed E-state index contributed by atoms with van der Waals surface area (Å²) in [5, 5.41) is 5.11. The van der Waals surface area contributed by atoms with E-state index < -0.39 is 0 Å². The molecule has 1 fully saturated rings. The lowest BCUT2D eigenvalue weighted by Crippen LogP contribution is -2.41. The fourth-order valence-electron chi connectivity index (χ4n) is 3.22. The van der Waals surface area contributed by atoms with Gasteiger partial charge in [-0.2, -0.15) is 0 Å². The molecule has 0 spiro atoms. The van der Waals surface area contributed by atoms with E-state index in [4.69, 9.17) is 4.42 Å². The van der Waals surface area contributed by atoms with Crippen molar-refractivity contribution >= 4 is 28.3 Å². The number of likely N-dealkylation sites (tertiary alicyclic amines) is 1. The molecule has 0 atom stereocenters. The first kappa shape index (κ1) is 18.4. The van der Waals surface area contributed by atoms with Crippen molar-refractivity contribution < 1.29 is 18.4 Å². The average molecular weight is 399 g/mol. The largest absolute Gasteiger partial charge is 0.459 e. The normalized spacial score (nSPS) is 14.8. The second-order valence-electron chi connectivity index (χ2n) is 6.58. The van der Waals surface area contributed by atoms with Crippen molar-refractivity contribution in [2.75, 3.05) is 18.4 Å². The molecular formula is C20H18FN3O3S. The third-order valence-electron chi connectivity index (χ3n) is 4.74. The molecule has 2 aromatic heterocycles. The van der Waals surface area contributed by atoms with Crippen molar-refractivity contribution in [1.29, 1.82) is 0 Å². The molecule has 0 aliphatic carbocycles. The Hall–Kier alpha value is -3.00. The molecule has 0 saturated carbocycles. The predicted molar refractivity (Wildman–Crippen MR) is 103 cm³/mol. The third-order valence-corrected chi connectivity index (χ3v) is 5.50. The van der Waals surface area contributed by atoms with Crippen LogP contribution in [0.15, 0.2) is 52.5 Å². The molecule has 8 heteroatoms. The van der Waals surface area contributed by atoms with E-state index in [-0.39, 0.29) is 23.5 Å². The summed E-state index contributed by atoms with van der Waals surface area (Å²) in [6.07, 6.45) is 2.64. The molecule has 2 amide bonds. The van der Waals surface area contributed by atoms with Crippen molar-refractivity contribution in [2.24, 2.45) is 5.92 Å². The number of anilines is 1. The van der Waals surface area contributed by atoms with E-state index in [9.17, 15) is 14.0 Å². The number of benzene rings is 1. The lowest BCUT2D eigenvalue weighted by Gasteiger charge is -2.30. The van der Waals surface area contributed by atoms with Gasteiger partial charge in [-0.3, -0.25) is 9.59 Å². The number of aromatic nitrogens is 1. The van der Waals surface area contributed by atoms with Crippen molar-refractivity contribution in [3.8, 4) is 11.3 Å². The van der Waals surface area contributed by atoms with E-state index >= 15 is 0 Å². The quantitative estimate of drug-likeness (QED) is 0.719. The number of thiazole rings is 1. The van der Waals surface area contributed by atoms with Crippen LogP contribution >= 0.6 is 11.3 Å². The number of carbonyl (C=O) groups is 2. The van der Waals surface area contributed by atoms with Gasteiger partial charge in [-0.1, -0.05) is 12.1 Å². The van der Waals surface area contributed by atoms with Gasteiger partial charge in [-0.15, -0.1) is 11.3 Å².